The summed E-state index contributed by atoms with van der Waals surface area (Å²) in [6.07, 6.45) is 3.59. The number of piperidine rings is 1. The first-order valence-corrected chi connectivity index (χ1v) is 8.77. The molecule has 0 unspecified atom stereocenters. The standard InChI is InChI=1S/C19H24N4O3/c1-25-10-11-26-16-6-2-4-14(12-16)18(24)23-9-3-5-15(13-23)17-7-8-21-19(20)22-17/h2,4,6-8,12,15H,3,5,9-11,13H2,1H3,(H2,20,21,22)/t15-/m0/s1. The average Bonchev–Trinajstić information content (AvgIpc) is 2.68. The Morgan fingerprint density at radius 1 is 1.35 bits per heavy atom. The predicted molar refractivity (Wildman–Crippen MR) is 98.1 cm³/mol. The lowest BCUT2D eigenvalue weighted by Gasteiger charge is -2.32. The summed E-state index contributed by atoms with van der Waals surface area (Å²) >= 11 is 0. The lowest BCUT2D eigenvalue weighted by molar-refractivity contribution is 0.0705. The molecule has 0 spiro atoms. The van der Waals surface area contributed by atoms with Crippen LogP contribution in [0.2, 0.25) is 0 Å². The number of ether oxygens (including phenoxy) is 2. The Morgan fingerprint density at radius 2 is 2.23 bits per heavy atom. The number of rotatable bonds is 6. The summed E-state index contributed by atoms with van der Waals surface area (Å²) < 4.78 is 10.6. The van der Waals surface area contributed by atoms with Crippen LogP contribution in [0.1, 0.15) is 34.8 Å². The SMILES string of the molecule is COCCOc1cccc(C(=O)N2CCC[C@H](c3ccnc(N)n3)C2)c1. The zero-order valence-corrected chi connectivity index (χ0v) is 14.9. The molecule has 1 amide bonds. The van der Waals surface area contributed by atoms with Crippen LogP contribution in [-0.2, 0) is 4.74 Å². The van der Waals surface area contributed by atoms with Crippen LogP contribution in [0, 0.1) is 0 Å². The van der Waals surface area contributed by atoms with Gasteiger partial charge in [-0.05, 0) is 37.1 Å². The average molecular weight is 356 g/mol. The lowest BCUT2D eigenvalue weighted by atomic mass is 9.94. The van der Waals surface area contributed by atoms with Gasteiger partial charge < -0.3 is 20.1 Å². The molecule has 2 N–H and O–H groups in total. The van der Waals surface area contributed by atoms with E-state index >= 15 is 0 Å². The first-order chi connectivity index (χ1) is 12.7. The van der Waals surface area contributed by atoms with Gasteiger partial charge in [0, 0.05) is 37.9 Å². The van der Waals surface area contributed by atoms with Gasteiger partial charge in [0.2, 0.25) is 5.95 Å². The van der Waals surface area contributed by atoms with E-state index in [9.17, 15) is 4.79 Å². The Balaban J connectivity index is 1.68. The number of nitrogen functional groups attached to an aromatic ring is 1. The van der Waals surface area contributed by atoms with Crippen LogP contribution in [0.5, 0.6) is 5.75 Å². The van der Waals surface area contributed by atoms with Gasteiger partial charge in [-0.2, -0.15) is 0 Å². The van der Waals surface area contributed by atoms with E-state index in [4.69, 9.17) is 15.2 Å². The van der Waals surface area contributed by atoms with Crippen LogP contribution < -0.4 is 10.5 Å². The molecule has 0 saturated carbocycles. The number of amides is 1. The molecule has 1 saturated heterocycles. The third kappa shape index (κ3) is 4.49. The van der Waals surface area contributed by atoms with Crippen LogP contribution in [0.25, 0.3) is 0 Å². The topological polar surface area (TPSA) is 90.6 Å². The second-order valence-corrected chi connectivity index (χ2v) is 6.30. The molecule has 138 valence electrons. The van der Waals surface area contributed by atoms with Crippen molar-refractivity contribution in [2.75, 3.05) is 39.1 Å². The fourth-order valence-electron chi connectivity index (χ4n) is 3.16. The number of hydrogen-bond donors (Lipinski definition) is 1. The highest BCUT2D eigenvalue weighted by atomic mass is 16.5. The quantitative estimate of drug-likeness (QED) is 0.797. The smallest absolute Gasteiger partial charge is 0.254 e. The molecule has 26 heavy (non-hydrogen) atoms. The summed E-state index contributed by atoms with van der Waals surface area (Å²) in [6.45, 7) is 2.33. The highest BCUT2D eigenvalue weighted by molar-refractivity contribution is 5.94. The highest BCUT2D eigenvalue weighted by Crippen LogP contribution is 2.27. The zero-order chi connectivity index (χ0) is 18.4. The molecule has 0 bridgehead atoms. The van der Waals surface area contributed by atoms with Crippen molar-refractivity contribution in [2.24, 2.45) is 0 Å². The van der Waals surface area contributed by atoms with Crippen LogP contribution in [-0.4, -0.2) is 54.2 Å². The number of likely N-dealkylation sites (tertiary alicyclic amines) is 1. The maximum Gasteiger partial charge on any atom is 0.254 e. The number of benzene rings is 1. The first-order valence-electron chi connectivity index (χ1n) is 8.77. The molecular formula is C19H24N4O3. The van der Waals surface area contributed by atoms with Crippen molar-refractivity contribution in [2.45, 2.75) is 18.8 Å². The fraction of sp³-hybridized carbons (Fsp3) is 0.421. The van der Waals surface area contributed by atoms with E-state index in [1.807, 2.05) is 29.2 Å². The fourth-order valence-corrected chi connectivity index (χ4v) is 3.16. The number of methoxy groups -OCH3 is 1. The van der Waals surface area contributed by atoms with E-state index in [1.54, 1.807) is 19.4 Å². The summed E-state index contributed by atoms with van der Waals surface area (Å²) in [4.78, 5) is 23.0. The van der Waals surface area contributed by atoms with E-state index in [1.165, 1.54) is 0 Å². The van der Waals surface area contributed by atoms with Gasteiger partial charge in [-0.25, -0.2) is 9.97 Å². The normalized spacial score (nSPS) is 17.1. The van der Waals surface area contributed by atoms with Crippen molar-refractivity contribution in [1.82, 2.24) is 14.9 Å². The van der Waals surface area contributed by atoms with Crippen molar-refractivity contribution in [3.63, 3.8) is 0 Å². The number of nitrogens with two attached hydrogens (primary N) is 1. The van der Waals surface area contributed by atoms with Crippen LogP contribution in [0.15, 0.2) is 36.5 Å². The van der Waals surface area contributed by atoms with Gasteiger partial charge in [0.1, 0.15) is 12.4 Å². The predicted octanol–water partition coefficient (Wildman–Crippen LogP) is 2.10. The molecule has 2 aromatic rings. The van der Waals surface area contributed by atoms with Crippen molar-refractivity contribution in [1.29, 1.82) is 0 Å². The summed E-state index contributed by atoms with van der Waals surface area (Å²) in [6, 6.07) is 9.15. The Morgan fingerprint density at radius 3 is 3.04 bits per heavy atom. The van der Waals surface area contributed by atoms with Gasteiger partial charge >= 0.3 is 0 Å². The van der Waals surface area contributed by atoms with Crippen molar-refractivity contribution in [3.05, 3.63) is 47.8 Å². The van der Waals surface area contributed by atoms with Gasteiger partial charge in [-0.1, -0.05) is 6.07 Å². The minimum atomic E-state index is 0.00826. The molecule has 1 atom stereocenters. The molecule has 1 aromatic heterocycles. The Labute approximate surface area is 153 Å². The van der Waals surface area contributed by atoms with Crippen LogP contribution >= 0.6 is 0 Å². The molecule has 1 aromatic carbocycles. The highest BCUT2D eigenvalue weighted by Gasteiger charge is 2.26. The van der Waals surface area contributed by atoms with Gasteiger partial charge in [-0.3, -0.25) is 4.79 Å². The minimum absolute atomic E-state index is 0.00826. The second-order valence-electron chi connectivity index (χ2n) is 6.30. The summed E-state index contributed by atoms with van der Waals surface area (Å²) in [7, 11) is 1.63. The van der Waals surface area contributed by atoms with E-state index in [-0.39, 0.29) is 17.8 Å². The maximum atomic E-state index is 12.9. The third-order valence-corrected chi connectivity index (χ3v) is 4.46. The molecule has 7 heteroatoms. The summed E-state index contributed by atoms with van der Waals surface area (Å²) in [5.74, 6) is 1.13. The summed E-state index contributed by atoms with van der Waals surface area (Å²) in [5.41, 5.74) is 7.21. The summed E-state index contributed by atoms with van der Waals surface area (Å²) in [5, 5.41) is 0. The van der Waals surface area contributed by atoms with E-state index < -0.39 is 0 Å². The van der Waals surface area contributed by atoms with Crippen molar-refractivity contribution < 1.29 is 14.3 Å². The van der Waals surface area contributed by atoms with Gasteiger partial charge in [0.15, 0.2) is 0 Å². The molecule has 1 aliphatic heterocycles. The monoisotopic (exact) mass is 356 g/mol. The largest absolute Gasteiger partial charge is 0.491 e. The van der Waals surface area contributed by atoms with Gasteiger partial charge in [0.25, 0.3) is 5.91 Å². The second kappa shape index (κ2) is 8.62. The molecule has 0 radical (unpaired) electrons. The van der Waals surface area contributed by atoms with Crippen molar-refractivity contribution in [3.8, 4) is 5.75 Å². The Hall–Kier alpha value is -2.67. The van der Waals surface area contributed by atoms with Gasteiger partial charge in [-0.15, -0.1) is 0 Å². The van der Waals surface area contributed by atoms with E-state index in [0.717, 1.165) is 25.1 Å². The molecule has 2 heterocycles. The lowest BCUT2D eigenvalue weighted by Crippen LogP contribution is -2.39. The Kier molecular flexibility index (Phi) is 6.01. The molecule has 3 rings (SSSR count). The van der Waals surface area contributed by atoms with Gasteiger partial charge in [0.05, 0.1) is 12.3 Å². The number of nitrogens with zero attached hydrogens (tertiary/aromatic N) is 3. The third-order valence-electron chi connectivity index (χ3n) is 4.46. The number of hydrogen-bond acceptors (Lipinski definition) is 6. The minimum Gasteiger partial charge on any atom is -0.491 e. The first kappa shape index (κ1) is 18.1. The molecular weight excluding hydrogens is 332 g/mol. The van der Waals surface area contributed by atoms with Crippen LogP contribution in [0.4, 0.5) is 5.95 Å². The van der Waals surface area contributed by atoms with Crippen LogP contribution in [0.3, 0.4) is 0 Å². The van der Waals surface area contributed by atoms with Crippen molar-refractivity contribution >= 4 is 11.9 Å². The number of carbonyl (C=O) groups excluding carboxylic acids is 1. The molecule has 1 aliphatic rings. The van der Waals surface area contributed by atoms with E-state index in [0.29, 0.717) is 31.1 Å². The maximum absolute atomic E-state index is 12.9. The number of anilines is 1. The molecule has 0 aliphatic carbocycles. The molecule has 1 fully saturated rings. The van der Waals surface area contributed by atoms with E-state index in [2.05, 4.69) is 9.97 Å². The number of carbonyl (C=O) groups is 1. The zero-order valence-electron chi connectivity index (χ0n) is 14.9. The molecule has 7 nitrogen and oxygen atoms in total. The number of aromatic nitrogens is 2. The Bertz CT molecular complexity index is 753.